The minimum atomic E-state index is -0.193. The maximum atomic E-state index is 11.9. The Balaban J connectivity index is 1.49. The second kappa shape index (κ2) is 8.62. The number of hydrazone groups is 1. The van der Waals surface area contributed by atoms with Crippen LogP contribution in [-0.2, 0) is 4.79 Å². The maximum Gasteiger partial charge on any atom is 0.259 e. The van der Waals surface area contributed by atoms with Gasteiger partial charge in [0.2, 0.25) is 0 Å². The van der Waals surface area contributed by atoms with Crippen molar-refractivity contribution in [1.29, 1.82) is 0 Å². The Labute approximate surface area is 153 Å². The standard InChI is InChI=1S/C22H21N3O/c1-17(13-18-7-3-2-4-8-18)15-24-25-22(26)16-23-21-12-11-19-9-5-6-10-20(19)14-21/h2-15,23H,16H2,1H3,(H,25,26)/b17-13+,24-15+. The lowest BCUT2D eigenvalue weighted by atomic mass is 10.1. The van der Waals surface area contributed by atoms with E-state index in [1.165, 1.54) is 5.39 Å². The first kappa shape index (κ1) is 17.4. The molecule has 0 fully saturated rings. The molecule has 4 nitrogen and oxygen atoms in total. The van der Waals surface area contributed by atoms with E-state index in [1.54, 1.807) is 6.21 Å². The van der Waals surface area contributed by atoms with E-state index in [4.69, 9.17) is 0 Å². The molecule has 1 amide bonds. The van der Waals surface area contributed by atoms with Crippen LogP contribution in [-0.4, -0.2) is 18.7 Å². The number of rotatable bonds is 6. The second-order valence-corrected chi connectivity index (χ2v) is 6.01. The molecule has 2 N–H and O–H groups in total. The van der Waals surface area contributed by atoms with Gasteiger partial charge in [-0.2, -0.15) is 5.10 Å². The molecule has 0 heterocycles. The van der Waals surface area contributed by atoms with Gasteiger partial charge in [-0.1, -0.05) is 66.7 Å². The number of carbonyl (C=O) groups is 1. The molecule has 0 saturated heterocycles. The lowest BCUT2D eigenvalue weighted by molar-refractivity contribution is -0.119. The Bertz CT molecular complexity index is 946. The smallest absolute Gasteiger partial charge is 0.259 e. The fourth-order valence-electron chi connectivity index (χ4n) is 2.58. The third kappa shape index (κ3) is 5.05. The number of hydrogen-bond donors (Lipinski definition) is 2. The third-order valence-electron chi connectivity index (χ3n) is 3.85. The summed E-state index contributed by atoms with van der Waals surface area (Å²) >= 11 is 0. The number of amides is 1. The number of carbonyl (C=O) groups excluding carboxylic acids is 1. The Morgan fingerprint density at radius 2 is 1.69 bits per heavy atom. The molecular weight excluding hydrogens is 322 g/mol. The first-order valence-electron chi connectivity index (χ1n) is 8.49. The van der Waals surface area contributed by atoms with E-state index < -0.39 is 0 Å². The molecule has 0 aliphatic rings. The van der Waals surface area contributed by atoms with Gasteiger partial charge in [0.1, 0.15) is 0 Å². The van der Waals surface area contributed by atoms with Gasteiger partial charge in [-0.05, 0) is 41.0 Å². The van der Waals surface area contributed by atoms with Gasteiger partial charge in [-0.3, -0.25) is 4.79 Å². The normalized spacial score (nSPS) is 11.7. The quantitative estimate of drug-likeness (QED) is 0.513. The number of nitrogens with one attached hydrogen (secondary N) is 2. The van der Waals surface area contributed by atoms with Crippen LogP contribution in [0.2, 0.25) is 0 Å². The Hall–Kier alpha value is -3.40. The van der Waals surface area contributed by atoms with Gasteiger partial charge in [0.25, 0.3) is 5.91 Å². The zero-order chi connectivity index (χ0) is 18.2. The molecule has 3 aromatic carbocycles. The summed E-state index contributed by atoms with van der Waals surface area (Å²) in [5.74, 6) is -0.193. The molecular formula is C22H21N3O. The fourth-order valence-corrected chi connectivity index (χ4v) is 2.58. The predicted molar refractivity (Wildman–Crippen MR) is 109 cm³/mol. The highest BCUT2D eigenvalue weighted by molar-refractivity contribution is 5.88. The summed E-state index contributed by atoms with van der Waals surface area (Å²) in [7, 11) is 0. The first-order valence-corrected chi connectivity index (χ1v) is 8.49. The zero-order valence-electron chi connectivity index (χ0n) is 14.6. The molecule has 130 valence electrons. The molecule has 3 rings (SSSR count). The van der Waals surface area contributed by atoms with Gasteiger partial charge < -0.3 is 5.32 Å². The fraction of sp³-hybridized carbons (Fsp3) is 0.0909. The van der Waals surface area contributed by atoms with Crippen molar-refractivity contribution >= 4 is 34.7 Å². The molecule has 0 aliphatic heterocycles. The van der Waals surface area contributed by atoms with Crippen LogP contribution in [0.3, 0.4) is 0 Å². The van der Waals surface area contributed by atoms with Crippen LogP contribution in [0.25, 0.3) is 16.8 Å². The number of hydrogen-bond acceptors (Lipinski definition) is 3. The molecule has 0 aliphatic carbocycles. The van der Waals surface area contributed by atoms with Crippen LogP contribution in [0.1, 0.15) is 12.5 Å². The SMILES string of the molecule is CC(/C=N/NC(=O)CNc1ccc2ccccc2c1)=C\c1ccccc1. The Morgan fingerprint density at radius 1 is 0.962 bits per heavy atom. The Morgan fingerprint density at radius 3 is 2.50 bits per heavy atom. The van der Waals surface area contributed by atoms with Crippen LogP contribution in [0.5, 0.6) is 0 Å². The molecule has 0 radical (unpaired) electrons. The van der Waals surface area contributed by atoms with E-state index in [0.717, 1.165) is 22.2 Å². The van der Waals surface area contributed by atoms with Gasteiger partial charge in [0.05, 0.1) is 12.8 Å². The lowest BCUT2D eigenvalue weighted by Gasteiger charge is -2.06. The van der Waals surface area contributed by atoms with Crippen molar-refractivity contribution < 1.29 is 4.79 Å². The summed E-state index contributed by atoms with van der Waals surface area (Å²) in [6, 6.07) is 24.1. The average Bonchev–Trinajstić information content (AvgIpc) is 2.67. The van der Waals surface area contributed by atoms with E-state index >= 15 is 0 Å². The van der Waals surface area contributed by atoms with Crippen molar-refractivity contribution in [3.05, 3.63) is 83.9 Å². The van der Waals surface area contributed by atoms with Gasteiger partial charge in [-0.15, -0.1) is 0 Å². The number of fused-ring (bicyclic) bond motifs is 1. The van der Waals surface area contributed by atoms with Crippen LogP contribution in [0, 0.1) is 0 Å². The summed E-state index contributed by atoms with van der Waals surface area (Å²) in [6.45, 7) is 2.10. The lowest BCUT2D eigenvalue weighted by Crippen LogP contribution is -2.25. The monoisotopic (exact) mass is 343 g/mol. The van der Waals surface area contributed by atoms with Crippen LogP contribution >= 0.6 is 0 Å². The van der Waals surface area contributed by atoms with Crippen LogP contribution in [0.15, 0.2) is 83.5 Å². The van der Waals surface area contributed by atoms with Gasteiger partial charge in [0.15, 0.2) is 0 Å². The molecule has 0 aromatic heterocycles. The van der Waals surface area contributed by atoms with Crippen molar-refractivity contribution in [2.75, 3.05) is 11.9 Å². The van der Waals surface area contributed by atoms with Crippen LogP contribution < -0.4 is 10.7 Å². The molecule has 26 heavy (non-hydrogen) atoms. The molecule has 0 spiro atoms. The molecule has 0 bridgehead atoms. The van der Waals surface area contributed by atoms with E-state index in [-0.39, 0.29) is 12.5 Å². The molecule has 4 heteroatoms. The zero-order valence-corrected chi connectivity index (χ0v) is 14.6. The van der Waals surface area contributed by atoms with E-state index in [2.05, 4.69) is 21.9 Å². The number of allylic oxidation sites excluding steroid dienone is 1. The predicted octanol–water partition coefficient (Wildman–Crippen LogP) is 4.46. The second-order valence-electron chi connectivity index (χ2n) is 6.01. The molecule has 0 atom stereocenters. The van der Waals surface area contributed by atoms with Gasteiger partial charge >= 0.3 is 0 Å². The molecule has 3 aromatic rings. The van der Waals surface area contributed by atoms with Crippen molar-refractivity contribution in [2.24, 2.45) is 5.10 Å². The summed E-state index contributed by atoms with van der Waals surface area (Å²) in [5, 5.41) is 9.42. The summed E-state index contributed by atoms with van der Waals surface area (Å²) < 4.78 is 0. The maximum absolute atomic E-state index is 11.9. The van der Waals surface area contributed by atoms with Gasteiger partial charge in [0, 0.05) is 5.69 Å². The average molecular weight is 343 g/mol. The van der Waals surface area contributed by atoms with E-state index in [0.29, 0.717) is 0 Å². The molecule has 0 unspecified atom stereocenters. The minimum absolute atomic E-state index is 0.164. The number of benzene rings is 3. The largest absolute Gasteiger partial charge is 0.376 e. The highest BCUT2D eigenvalue weighted by Gasteiger charge is 2.00. The van der Waals surface area contributed by atoms with Crippen LogP contribution in [0.4, 0.5) is 5.69 Å². The first-order chi connectivity index (χ1) is 12.7. The Kier molecular flexibility index (Phi) is 5.78. The summed E-state index contributed by atoms with van der Waals surface area (Å²) in [5.41, 5.74) is 5.49. The topological polar surface area (TPSA) is 53.5 Å². The van der Waals surface area contributed by atoms with Gasteiger partial charge in [-0.25, -0.2) is 5.43 Å². The molecule has 0 saturated carbocycles. The number of anilines is 1. The summed E-state index contributed by atoms with van der Waals surface area (Å²) in [4.78, 5) is 11.9. The van der Waals surface area contributed by atoms with Crippen molar-refractivity contribution in [1.82, 2.24) is 5.43 Å². The highest BCUT2D eigenvalue weighted by atomic mass is 16.2. The van der Waals surface area contributed by atoms with Crippen molar-refractivity contribution in [3.63, 3.8) is 0 Å². The van der Waals surface area contributed by atoms with Crippen molar-refractivity contribution in [3.8, 4) is 0 Å². The van der Waals surface area contributed by atoms with E-state index in [9.17, 15) is 4.79 Å². The summed E-state index contributed by atoms with van der Waals surface area (Å²) in [6.07, 6.45) is 3.64. The number of nitrogens with zero attached hydrogens (tertiary/aromatic N) is 1. The van der Waals surface area contributed by atoms with Crippen molar-refractivity contribution in [2.45, 2.75) is 6.92 Å². The third-order valence-corrected chi connectivity index (χ3v) is 3.85. The minimum Gasteiger partial charge on any atom is -0.376 e. The highest BCUT2D eigenvalue weighted by Crippen LogP contribution is 2.18. The van der Waals surface area contributed by atoms with E-state index in [1.807, 2.05) is 79.7 Å².